The molecule has 0 saturated heterocycles. The summed E-state index contributed by atoms with van der Waals surface area (Å²) in [7, 11) is 1.56. The van der Waals surface area contributed by atoms with E-state index in [4.69, 9.17) is 4.74 Å². The van der Waals surface area contributed by atoms with E-state index in [2.05, 4.69) is 26.6 Å². The highest BCUT2D eigenvalue weighted by atomic mass is 79.9. The van der Waals surface area contributed by atoms with Gasteiger partial charge in [-0.25, -0.2) is 0 Å². The topological polar surface area (TPSA) is 67.4 Å². The van der Waals surface area contributed by atoms with E-state index in [1.165, 1.54) is 0 Å². The van der Waals surface area contributed by atoms with Gasteiger partial charge in [-0.3, -0.25) is 9.59 Å². The van der Waals surface area contributed by atoms with Gasteiger partial charge in [-0.2, -0.15) is 0 Å². The molecular formula is C17H17BrN2O3. The van der Waals surface area contributed by atoms with Crippen LogP contribution in [0.15, 0.2) is 53.0 Å². The summed E-state index contributed by atoms with van der Waals surface area (Å²) < 4.78 is 5.99. The first-order valence-electron chi connectivity index (χ1n) is 7.03. The van der Waals surface area contributed by atoms with Gasteiger partial charge in [-0.05, 0) is 34.1 Å². The maximum atomic E-state index is 11.9. The molecule has 2 aromatic rings. The summed E-state index contributed by atoms with van der Waals surface area (Å²) >= 11 is 3.35. The number of carbonyl (C=O) groups is 2. The van der Waals surface area contributed by atoms with Crippen LogP contribution >= 0.6 is 15.9 Å². The number of benzene rings is 2. The Bertz CT molecular complexity index is 704. The van der Waals surface area contributed by atoms with E-state index in [9.17, 15) is 9.59 Å². The van der Waals surface area contributed by atoms with Crippen molar-refractivity contribution in [3.8, 4) is 5.75 Å². The van der Waals surface area contributed by atoms with Gasteiger partial charge < -0.3 is 15.4 Å². The number of ether oxygens (including phenoxy) is 1. The maximum absolute atomic E-state index is 11.9. The van der Waals surface area contributed by atoms with Crippen LogP contribution in [0.5, 0.6) is 5.75 Å². The Hall–Kier alpha value is -2.34. The van der Waals surface area contributed by atoms with Crippen molar-refractivity contribution in [3.63, 3.8) is 0 Å². The summed E-state index contributed by atoms with van der Waals surface area (Å²) in [5, 5.41) is 5.33. The molecule has 0 saturated carbocycles. The van der Waals surface area contributed by atoms with Crippen LogP contribution in [0.25, 0.3) is 0 Å². The van der Waals surface area contributed by atoms with Crippen molar-refractivity contribution in [2.75, 3.05) is 19.0 Å². The van der Waals surface area contributed by atoms with Crippen molar-refractivity contribution in [1.29, 1.82) is 0 Å². The molecule has 0 bridgehead atoms. The second kappa shape index (κ2) is 8.33. The number of halogens is 1. The largest absolute Gasteiger partial charge is 0.496 e. The zero-order valence-corrected chi connectivity index (χ0v) is 14.2. The first-order chi connectivity index (χ1) is 11.1. The number of hydrogen-bond donors (Lipinski definition) is 2. The van der Waals surface area contributed by atoms with E-state index in [1.54, 1.807) is 19.2 Å². The number of rotatable bonds is 6. The van der Waals surface area contributed by atoms with Gasteiger partial charge in [0.2, 0.25) is 11.8 Å². The van der Waals surface area contributed by atoms with Crippen molar-refractivity contribution >= 4 is 33.4 Å². The van der Waals surface area contributed by atoms with Crippen LogP contribution < -0.4 is 15.4 Å². The number of methoxy groups -OCH3 is 1. The first-order valence-corrected chi connectivity index (χ1v) is 7.82. The molecular weight excluding hydrogens is 360 g/mol. The molecule has 0 unspecified atom stereocenters. The molecule has 2 aromatic carbocycles. The van der Waals surface area contributed by atoms with E-state index < -0.39 is 0 Å². The lowest BCUT2D eigenvalue weighted by Crippen LogP contribution is -2.33. The Balaban J connectivity index is 1.84. The number of anilines is 1. The molecule has 0 spiro atoms. The fourth-order valence-corrected chi connectivity index (χ4v) is 2.40. The SMILES string of the molecule is COc1ccccc1CC(=O)NCC(=O)Nc1ccccc1Br. The van der Waals surface area contributed by atoms with Crippen LogP contribution in [0, 0.1) is 0 Å². The lowest BCUT2D eigenvalue weighted by molar-refractivity contribution is -0.123. The molecule has 5 nitrogen and oxygen atoms in total. The molecule has 2 N–H and O–H groups in total. The number of amides is 2. The lowest BCUT2D eigenvalue weighted by atomic mass is 10.1. The molecule has 2 amide bonds. The van der Waals surface area contributed by atoms with Crippen LogP contribution in [0.4, 0.5) is 5.69 Å². The molecule has 23 heavy (non-hydrogen) atoms. The second-order valence-corrected chi connectivity index (χ2v) is 5.65. The van der Waals surface area contributed by atoms with Gasteiger partial charge in [0.05, 0.1) is 25.8 Å². The standard InChI is InChI=1S/C17H17BrN2O3/c1-23-15-9-5-2-6-12(15)10-16(21)19-11-17(22)20-14-8-4-3-7-13(14)18/h2-9H,10-11H2,1H3,(H,19,21)(H,20,22). The summed E-state index contributed by atoms with van der Waals surface area (Å²) in [5.41, 5.74) is 1.44. The van der Waals surface area contributed by atoms with Crippen molar-refractivity contribution in [3.05, 3.63) is 58.6 Å². The minimum atomic E-state index is -0.287. The van der Waals surface area contributed by atoms with Gasteiger partial charge in [-0.15, -0.1) is 0 Å². The van der Waals surface area contributed by atoms with Crippen molar-refractivity contribution in [2.45, 2.75) is 6.42 Å². The molecule has 0 aliphatic heterocycles. The Kier molecular flexibility index (Phi) is 6.17. The van der Waals surface area contributed by atoms with Crippen LogP contribution in [0.2, 0.25) is 0 Å². The summed E-state index contributed by atoms with van der Waals surface area (Å²) in [6, 6.07) is 14.6. The smallest absolute Gasteiger partial charge is 0.243 e. The molecule has 0 aliphatic rings. The average molecular weight is 377 g/mol. The summed E-state index contributed by atoms with van der Waals surface area (Å²) in [6.45, 7) is -0.0880. The molecule has 0 atom stereocenters. The Morgan fingerprint density at radius 2 is 1.74 bits per heavy atom. The van der Waals surface area contributed by atoms with Gasteiger partial charge in [0.15, 0.2) is 0 Å². The second-order valence-electron chi connectivity index (χ2n) is 4.79. The molecule has 0 radical (unpaired) electrons. The van der Waals surface area contributed by atoms with Crippen molar-refractivity contribution < 1.29 is 14.3 Å². The van der Waals surface area contributed by atoms with E-state index in [0.717, 1.165) is 10.0 Å². The maximum Gasteiger partial charge on any atom is 0.243 e. The summed E-state index contributed by atoms with van der Waals surface area (Å²) in [6.07, 6.45) is 0.159. The zero-order valence-electron chi connectivity index (χ0n) is 12.6. The summed E-state index contributed by atoms with van der Waals surface area (Å²) in [4.78, 5) is 23.8. The molecule has 0 aliphatic carbocycles. The van der Waals surface area contributed by atoms with E-state index >= 15 is 0 Å². The molecule has 0 heterocycles. The van der Waals surface area contributed by atoms with Crippen molar-refractivity contribution in [1.82, 2.24) is 5.32 Å². The monoisotopic (exact) mass is 376 g/mol. The van der Waals surface area contributed by atoms with Gasteiger partial charge in [0.25, 0.3) is 0 Å². The lowest BCUT2D eigenvalue weighted by Gasteiger charge is -2.10. The van der Waals surface area contributed by atoms with Gasteiger partial charge in [0, 0.05) is 10.0 Å². The van der Waals surface area contributed by atoms with Gasteiger partial charge >= 0.3 is 0 Å². The van der Waals surface area contributed by atoms with Crippen LogP contribution in [-0.4, -0.2) is 25.5 Å². The fraction of sp³-hybridized carbons (Fsp3) is 0.176. The van der Waals surface area contributed by atoms with Gasteiger partial charge in [-0.1, -0.05) is 30.3 Å². The van der Waals surface area contributed by atoms with Crippen LogP contribution in [0.1, 0.15) is 5.56 Å². The minimum Gasteiger partial charge on any atom is -0.496 e. The third-order valence-corrected chi connectivity index (χ3v) is 3.83. The van der Waals surface area contributed by atoms with Gasteiger partial charge in [0.1, 0.15) is 5.75 Å². The zero-order chi connectivity index (χ0) is 16.7. The Labute approximate surface area is 143 Å². The number of hydrogen-bond acceptors (Lipinski definition) is 3. The third-order valence-electron chi connectivity index (χ3n) is 3.14. The predicted octanol–water partition coefficient (Wildman–Crippen LogP) is 2.76. The van der Waals surface area contributed by atoms with E-state index in [1.807, 2.05) is 36.4 Å². The highest BCUT2D eigenvalue weighted by Crippen LogP contribution is 2.21. The Morgan fingerprint density at radius 3 is 2.48 bits per heavy atom. The molecule has 2 rings (SSSR count). The molecule has 120 valence electrons. The highest BCUT2D eigenvalue weighted by molar-refractivity contribution is 9.10. The normalized spacial score (nSPS) is 10.0. The molecule has 0 fully saturated rings. The molecule has 0 aromatic heterocycles. The average Bonchev–Trinajstić information content (AvgIpc) is 2.55. The quantitative estimate of drug-likeness (QED) is 0.814. The number of nitrogens with one attached hydrogen (secondary N) is 2. The van der Waals surface area contributed by atoms with Crippen molar-refractivity contribution in [2.24, 2.45) is 0 Å². The third kappa shape index (κ3) is 5.10. The van der Waals surface area contributed by atoms with Crippen LogP contribution in [0.3, 0.4) is 0 Å². The first kappa shape index (κ1) is 17.0. The number of carbonyl (C=O) groups excluding carboxylic acids is 2. The fourth-order valence-electron chi connectivity index (χ4n) is 2.02. The summed E-state index contributed by atoms with van der Waals surface area (Å²) in [5.74, 6) is 0.127. The Morgan fingerprint density at radius 1 is 1.04 bits per heavy atom. The molecule has 6 heteroatoms. The predicted molar refractivity (Wildman–Crippen MR) is 92.5 cm³/mol. The van der Waals surface area contributed by atoms with E-state index in [0.29, 0.717) is 11.4 Å². The van der Waals surface area contributed by atoms with Crippen LogP contribution in [-0.2, 0) is 16.0 Å². The minimum absolute atomic E-state index is 0.0880. The highest BCUT2D eigenvalue weighted by Gasteiger charge is 2.10. The number of para-hydroxylation sites is 2. The van der Waals surface area contributed by atoms with E-state index in [-0.39, 0.29) is 24.8 Å².